The molecule has 0 radical (unpaired) electrons. The number of benzene rings is 1. The Bertz CT molecular complexity index is 1220. The smallest absolute Gasteiger partial charge is 0.284 e. The standard InChI is InChI=1S/C26H35F2N7P2/c27-26(28,37)20-14-19(4-5-22(20)36)21-16-35(13-12-33-8-2-1-3-9-33)25(32-21)18-6-10-34(11-7-18)24-15-23(29)30-17-31-24/h4-5,14-18H,1-3,6-13,36-37H2,(H2,29,30,31). The highest BCUT2D eigenvalue weighted by molar-refractivity contribution is 7.28. The largest absolute Gasteiger partial charge is 0.384 e. The van der Waals surface area contributed by atoms with Gasteiger partial charge in [-0.1, -0.05) is 27.8 Å². The molecule has 2 aliphatic heterocycles. The highest BCUT2D eigenvalue weighted by Gasteiger charge is 2.29. The first kappa shape index (κ1) is 26.4. The van der Waals surface area contributed by atoms with Crippen LogP contribution < -0.4 is 15.9 Å². The van der Waals surface area contributed by atoms with E-state index in [0.29, 0.717) is 11.1 Å². The fourth-order valence-electron chi connectivity index (χ4n) is 5.41. The number of rotatable bonds is 7. The number of nitrogens with zero attached hydrogens (tertiary/aromatic N) is 6. The van der Waals surface area contributed by atoms with E-state index in [1.807, 2.05) is 12.1 Å². The highest BCUT2D eigenvalue weighted by atomic mass is 31.0. The Balaban J connectivity index is 1.39. The summed E-state index contributed by atoms with van der Waals surface area (Å²) in [5.41, 5.74) is 4.32. The summed E-state index contributed by atoms with van der Waals surface area (Å²) >= 11 is 0. The summed E-state index contributed by atoms with van der Waals surface area (Å²) in [7, 11) is 4.06. The van der Waals surface area contributed by atoms with E-state index < -0.39 is 5.66 Å². The summed E-state index contributed by atoms with van der Waals surface area (Å²) < 4.78 is 30.7. The molecular formula is C26H35F2N7P2. The number of hydrogen-bond donors (Lipinski definition) is 1. The fourth-order valence-corrected chi connectivity index (χ4v) is 6.20. The second-order valence-corrected chi connectivity index (χ2v) is 11.4. The van der Waals surface area contributed by atoms with Crippen LogP contribution in [0.1, 0.15) is 49.4 Å². The molecule has 4 heterocycles. The average Bonchev–Trinajstić information content (AvgIpc) is 3.32. The molecule has 3 aromatic rings. The zero-order valence-corrected chi connectivity index (χ0v) is 23.3. The lowest BCUT2D eigenvalue weighted by Gasteiger charge is -2.33. The van der Waals surface area contributed by atoms with Crippen LogP contribution in [0.5, 0.6) is 0 Å². The summed E-state index contributed by atoms with van der Waals surface area (Å²) in [5.74, 6) is 2.65. The molecule has 1 aromatic carbocycles. The van der Waals surface area contributed by atoms with Gasteiger partial charge >= 0.3 is 0 Å². The molecule has 37 heavy (non-hydrogen) atoms. The van der Waals surface area contributed by atoms with Crippen LogP contribution in [0, 0.1) is 0 Å². The van der Waals surface area contributed by atoms with Gasteiger partial charge in [-0.05, 0) is 50.1 Å². The molecule has 7 nitrogen and oxygen atoms in total. The van der Waals surface area contributed by atoms with Crippen LogP contribution in [0.25, 0.3) is 11.3 Å². The van der Waals surface area contributed by atoms with Gasteiger partial charge in [0.05, 0.1) is 5.69 Å². The zero-order valence-electron chi connectivity index (χ0n) is 21.0. The molecule has 2 fully saturated rings. The van der Waals surface area contributed by atoms with E-state index in [2.05, 4.69) is 39.8 Å². The number of aromatic nitrogens is 4. The topological polar surface area (TPSA) is 76.1 Å². The average molecular weight is 546 g/mol. The molecule has 2 aromatic heterocycles. The Morgan fingerprint density at radius 2 is 1.76 bits per heavy atom. The maximum absolute atomic E-state index is 14.2. The molecule has 2 aliphatic rings. The van der Waals surface area contributed by atoms with E-state index in [1.54, 1.807) is 21.4 Å². The molecule has 2 saturated heterocycles. The molecule has 0 spiro atoms. The van der Waals surface area contributed by atoms with E-state index in [9.17, 15) is 8.78 Å². The third-order valence-electron chi connectivity index (χ3n) is 7.48. The molecule has 0 amide bonds. The third-order valence-corrected chi connectivity index (χ3v) is 8.29. The Morgan fingerprint density at radius 1 is 1.00 bits per heavy atom. The third kappa shape index (κ3) is 6.27. The minimum atomic E-state index is -3.00. The van der Waals surface area contributed by atoms with Crippen molar-refractivity contribution in [2.24, 2.45) is 0 Å². The zero-order chi connectivity index (χ0) is 26.0. The Labute approximate surface area is 221 Å². The lowest BCUT2D eigenvalue weighted by molar-refractivity contribution is 0.105. The number of halogens is 2. The Kier molecular flexibility index (Phi) is 8.04. The molecule has 198 valence electrons. The minimum Gasteiger partial charge on any atom is -0.384 e. The molecule has 0 aliphatic carbocycles. The van der Waals surface area contributed by atoms with Crippen molar-refractivity contribution in [3.8, 4) is 11.3 Å². The second kappa shape index (κ2) is 11.3. The Hall–Kier alpha value is -2.21. The van der Waals surface area contributed by atoms with Crippen molar-refractivity contribution in [2.75, 3.05) is 43.4 Å². The van der Waals surface area contributed by atoms with Gasteiger partial charge < -0.3 is 20.1 Å². The van der Waals surface area contributed by atoms with Gasteiger partial charge in [0.2, 0.25) is 0 Å². The molecular weight excluding hydrogens is 510 g/mol. The van der Waals surface area contributed by atoms with E-state index in [1.165, 1.54) is 25.6 Å². The number of likely N-dealkylation sites (tertiary alicyclic amines) is 1. The molecule has 2 N–H and O–H groups in total. The predicted octanol–water partition coefficient (Wildman–Crippen LogP) is 4.22. The van der Waals surface area contributed by atoms with Crippen molar-refractivity contribution in [3.05, 3.63) is 48.2 Å². The van der Waals surface area contributed by atoms with Gasteiger partial charge in [0.25, 0.3) is 5.66 Å². The van der Waals surface area contributed by atoms with Crippen molar-refractivity contribution >= 4 is 35.4 Å². The summed E-state index contributed by atoms with van der Waals surface area (Å²) in [5, 5.41) is 0.492. The quantitative estimate of drug-likeness (QED) is 0.449. The lowest BCUT2D eigenvalue weighted by Crippen LogP contribution is -2.35. The van der Waals surface area contributed by atoms with Crippen LogP contribution >= 0.6 is 18.5 Å². The van der Waals surface area contributed by atoms with Crippen LogP contribution in [0.2, 0.25) is 0 Å². The minimum absolute atomic E-state index is 0.0122. The van der Waals surface area contributed by atoms with Gasteiger partial charge in [-0.2, -0.15) is 8.78 Å². The van der Waals surface area contributed by atoms with Crippen LogP contribution in [0.3, 0.4) is 0 Å². The van der Waals surface area contributed by atoms with Gasteiger partial charge in [-0.25, -0.2) is 15.0 Å². The van der Waals surface area contributed by atoms with Crippen molar-refractivity contribution in [2.45, 2.75) is 50.2 Å². The van der Waals surface area contributed by atoms with Crippen LogP contribution in [-0.2, 0) is 12.2 Å². The maximum Gasteiger partial charge on any atom is 0.284 e. The van der Waals surface area contributed by atoms with E-state index >= 15 is 0 Å². The van der Waals surface area contributed by atoms with E-state index in [0.717, 1.165) is 75.0 Å². The number of nitrogen functional groups attached to an aromatic ring is 1. The number of nitrogens with two attached hydrogens (primary N) is 1. The van der Waals surface area contributed by atoms with Crippen molar-refractivity contribution in [3.63, 3.8) is 0 Å². The molecule has 2 unspecified atom stereocenters. The predicted molar refractivity (Wildman–Crippen MR) is 152 cm³/mol. The first-order chi connectivity index (χ1) is 17.8. The van der Waals surface area contributed by atoms with Gasteiger partial charge in [0.15, 0.2) is 0 Å². The highest BCUT2D eigenvalue weighted by Crippen LogP contribution is 2.37. The van der Waals surface area contributed by atoms with Crippen LogP contribution in [0.4, 0.5) is 20.4 Å². The first-order valence-corrected chi connectivity index (χ1v) is 14.1. The number of imidazole rings is 1. The molecule has 0 saturated carbocycles. The van der Waals surface area contributed by atoms with Gasteiger partial charge in [-0.15, -0.1) is 9.24 Å². The summed E-state index contributed by atoms with van der Waals surface area (Å²) in [4.78, 5) is 18.2. The van der Waals surface area contributed by atoms with Crippen LogP contribution in [-0.4, -0.2) is 57.1 Å². The van der Waals surface area contributed by atoms with Gasteiger partial charge in [-0.3, -0.25) is 0 Å². The van der Waals surface area contributed by atoms with Crippen LogP contribution in [0.15, 0.2) is 36.8 Å². The van der Waals surface area contributed by atoms with Crippen molar-refractivity contribution < 1.29 is 8.78 Å². The summed E-state index contributed by atoms with van der Waals surface area (Å²) in [6.07, 6.45) is 9.24. The number of alkyl halides is 2. The van der Waals surface area contributed by atoms with Gasteiger partial charge in [0, 0.05) is 55.5 Å². The maximum atomic E-state index is 14.2. The van der Waals surface area contributed by atoms with E-state index in [4.69, 9.17) is 10.7 Å². The molecule has 11 heteroatoms. The van der Waals surface area contributed by atoms with Gasteiger partial charge in [0.1, 0.15) is 23.8 Å². The number of hydrogen-bond acceptors (Lipinski definition) is 6. The van der Waals surface area contributed by atoms with E-state index in [-0.39, 0.29) is 11.5 Å². The van der Waals surface area contributed by atoms with Crippen molar-refractivity contribution in [1.82, 2.24) is 24.4 Å². The molecule has 0 bridgehead atoms. The molecule has 5 rings (SSSR count). The van der Waals surface area contributed by atoms with Crippen molar-refractivity contribution in [1.29, 1.82) is 0 Å². The number of anilines is 2. The Morgan fingerprint density at radius 3 is 2.46 bits per heavy atom. The lowest BCUT2D eigenvalue weighted by atomic mass is 9.96. The normalized spacial score (nSPS) is 17.9. The SMILES string of the molecule is Nc1cc(N2CCC(c3nc(-c4ccc(P)c(C(F)(F)P)c4)cn3CCN3CCCCC3)CC2)ncn1. The molecule has 2 atom stereocenters. The summed E-state index contributed by atoms with van der Waals surface area (Å²) in [6, 6.07) is 6.99. The number of piperidine rings is 2. The fraction of sp³-hybridized carbons (Fsp3) is 0.500. The summed E-state index contributed by atoms with van der Waals surface area (Å²) in [6.45, 7) is 5.79. The second-order valence-electron chi connectivity index (χ2n) is 10.1. The first-order valence-electron chi connectivity index (χ1n) is 13.0. The monoisotopic (exact) mass is 545 g/mol.